The normalized spacial score (nSPS) is 12.8. The van der Waals surface area contributed by atoms with Crippen LogP contribution in [0.15, 0.2) is 51.0 Å². The third kappa shape index (κ3) is 4.30. The summed E-state index contributed by atoms with van der Waals surface area (Å²) in [6.07, 6.45) is 4.96. The molecule has 8 nitrogen and oxygen atoms in total. The van der Waals surface area contributed by atoms with Crippen molar-refractivity contribution >= 4 is 11.9 Å². The van der Waals surface area contributed by atoms with Crippen LogP contribution in [0, 0.1) is 0 Å². The number of methoxy groups -OCH3 is 2. The van der Waals surface area contributed by atoms with Gasteiger partial charge in [-0.15, -0.1) is 0 Å². The summed E-state index contributed by atoms with van der Waals surface area (Å²) in [5, 5.41) is 10.7. The SMILES string of the molecule is COc1ccc(CCn2c(O)c(C=Nc3ccc4c(c3)CCC4)c(=O)[nH]c2=O)cc1OC. The zero-order valence-electron chi connectivity index (χ0n) is 18.1. The summed E-state index contributed by atoms with van der Waals surface area (Å²) in [5.74, 6) is 0.764. The van der Waals surface area contributed by atoms with Crippen LogP contribution in [0.4, 0.5) is 5.69 Å². The fourth-order valence-electron chi connectivity index (χ4n) is 3.95. The van der Waals surface area contributed by atoms with Gasteiger partial charge in [0, 0.05) is 12.8 Å². The van der Waals surface area contributed by atoms with Gasteiger partial charge < -0.3 is 14.6 Å². The highest BCUT2D eigenvalue weighted by molar-refractivity contribution is 5.84. The Kier molecular flexibility index (Phi) is 6.11. The average Bonchev–Trinajstić information content (AvgIpc) is 3.26. The quantitative estimate of drug-likeness (QED) is 0.555. The second kappa shape index (κ2) is 9.13. The Morgan fingerprint density at radius 1 is 1.06 bits per heavy atom. The standard InChI is InChI=1S/C24H25N3O5/c1-31-20-9-6-15(12-21(20)32-2)10-11-27-23(29)19(22(28)26-24(27)30)14-25-18-8-7-16-4-3-5-17(16)13-18/h6-9,12-14,29H,3-5,10-11H2,1-2H3,(H,26,28,30). The number of hydrogen-bond acceptors (Lipinski definition) is 6. The number of ether oxygens (including phenoxy) is 2. The van der Waals surface area contributed by atoms with Crippen molar-refractivity contribution in [1.82, 2.24) is 9.55 Å². The van der Waals surface area contributed by atoms with Gasteiger partial charge in [-0.25, -0.2) is 4.79 Å². The molecular formula is C24H25N3O5. The summed E-state index contributed by atoms with van der Waals surface area (Å²) in [7, 11) is 3.10. The third-order valence-corrected chi connectivity index (χ3v) is 5.70. The van der Waals surface area contributed by atoms with Gasteiger partial charge in [0.1, 0.15) is 5.56 Å². The van der Waals surface area contributed by atoms with E-state index in [0.29, 0.717) is 23.6 Å². The van der Waals surface area contributed by atoms with Crippen molar-refractivity contribution in [3.63, 3.8) is 0 Å². The second-order valence-corrected chi connectivity index (χ2v) is 7.65. The minimum Gasteiger partial charge on any atom is -0.494 e. The predicted molar refractivity (Wildman–Crippen MR) is 122 cm³/mol. The lowest BCUT2D eigenvalue weighted by atomic mass is 10.1. The van der Waals surface area contributed by atoms with Crippen LogP contribution in [-0.2, 0) is 25.8 Å². The molecule has 0 atom stereocenters. The number of fused-ring (bicyclic) bond motifs is 1. The molecule has 0 saturated carbocycles. The molecule has 0 amide bonds. The van der Waals surface area contributed by atoms with Gasteiger partial charge in [0.2, 0.25) is 5.88 Å². The summed E-state index contributed by atoms with van der Waals surface area (Å²) >= 11 is 0. The van der Waals surface area contributed by atoms with Crippen molar-refractivity contribution in [1.29, 1.82) is 0 Å². The first-order chi connectivity index (χ1) is 15.5. The summed E-state index contributed by atoms with van der Waals surface area (Å²) in [6, 6.07) is 11.4. The molecule has 4 rings (SSSR count). The Hall–Kier alpha value is -3.81. The Labute approximate surface area is 184 Å². The van der Waals surface area contributed by atoms with E-state index in [2.05, 4.69) is 9.98 Å². The van der Waals surface area contributed by atoms with Crippen molar-refractivity contribution in [3.05, 3.63) is 79.5 Å². The van der Waals surface area contributed by atoms with Gasteiger partial charge in [0.05, 0.1) is 19.9 Å². The van der Waals surface area contributed by atoms with E-state index in [1.54, 1.807) is 20.3 Å². The molecule has 0 aliphatic heterocycles. The molecule has 0 bridgehead atoms. The molecule has 166 valence electrons. The number of hydrogen-bond donors (Lipinski definition) is 2. The number of H-pyrrole nitrogens is 1. The van der Waals surface area contributed by atoms with Gasteiger partial charge in [-0.2, -0.15) is 0 Å². The summed E-state index contributed by atoms with van der Waals surface area (Å²) in [6.45, 7) is 0.163. The maximum atomic E-state index is 12.3. The highest BCUT2D eigenvalue weighted by Gasteiger charge is 2.14. The van der Waals surface area contributed by atoms with E-state index in [9.17, 15) is 14.7 Å². The van der Waals surface area contributed by atoms with Crippen LogP contribution < -0.4 is 20.7 Å². The van der Waals surface area contributed by atoms with Crippen molar-refractivity contribution in [3.8, 4) is 17.4 Å². The highest BCUT2D eigenvalue weighted by Crippen LogP contribution is 2.28. The number of aromatic hydroxyl groups is 1. The Morgan fingerprint density at radius 3 is 2.62 bits per heavy atom. The van der Waals surface area contributed by atoms with E-state index in [0.717, 1.165) is 29.4 Å². The smallest absolute Gasteiger partial charge is 0.331 e. The lowest BCUT2D eigenvalue weighted by Crippen LogP contribution is -2.32. The first kappa shape index (κ1) is 21.4. The lowest BCUT2D eigenvalue weighted by molar-refractivity contribution is 0.354. The molecule has 0 fully saturated rings. The molecule has 0 saturated heterocycles. The maximum absolute atomic E-state index is 12.3. The van der Waals surface area contributed by atoms with Crippen LogP contribution in [0.3, 0.4) is 0 Å². The van der Waals surface area contributed by atoms with E-state index < -0.39 is 17.1 Å². The maximum Gasteiger partial charge on any atom is 0.331 e. The van der Waals surface area contributed by atoms with E-state index in [1.807, 2.05) is 30.3 Å². The molecule has 0 spiro atoms. The fraction of sp³-hybridized carbons (Fsp3) is 0.292. The molecule has 0 unspecified atom stereocenters. The molecule has 2 N–H and O–H groups in total. The van der Waals surface area contributed by atoms with Gasteiger partial charge in [-0.1, -0.05) is 12.1 Å². The van der Waals surface area contributed by atoms with Crippen molar-refractivity contribution in [2.75, 3.05) is 14.2 Å². The number of aromatic amines is 1. The number of rotatable bonds is 7. The molecule has 0 radical (unpaired) electrons. The minimum atomic E-state index is -0.681. The predicted octanol–water partition coefficient (Wildman–Crippen LogP) is 2.74. The van der Waals surface area contributed by atoms with Gasteiger partial charge in [0.25, 0.3) is 5.56 Å². The van der Waals surface area contributed by atoms with Crippen molar-refractivity contribution in [2.24, 2.45) is 4.99 Å². The summed E-state index contributed by atoms with van der Waals surface area (Å²) < 4.78 is 11.7. The second-order valence-electron chi connectivity index (χ2n) is 7.65. The summed E-state index contributed by atoms with van der Waals surface area (Å²) in [5.41, 5.74) is 2.76. The molecule has 32 heavy (non-hydrogen) atoms. The molecule has 3 aromatic rings. The van der Waals surface area contributed by atoms with Crippen LogP contribution >= 0.6 is 0 Å². The van der Waals surface area contributed by atoms with Crippen molar-refractivity contribution in [2.45, 2.75) is 32.2 Å². The molecule has 8 heteroatoms. The molecule has 1 aliphatic rings. The Bertz CT molecular complexity index is 1290. The van der Waals surface area contributed by atoms with E-state index >= 15 is 0 Å². The zero-order valence-corrected chi connectivity index (χ0v) is 18.1. The number of nitrogens with zero attached hydrogens (tertiary/aromatic N) is 2. The number of benzene rings is 2. The number of aryl methyl sites for hydroxylation is 3. The molecule has 1 aliphatic carbocycles. The summed E-state index contributed by atoms with van der Waals surface area (Å²) in [4.78, 5) is 31.2. The van der Waals surface area contributed by atoms with Gasteiger partial charge in [-0.05, 0) is 66.6 Å². The number of aliphatic imine (C=N–C) groups is 1. The van der Waals surface area contributed by atoms with Crippen LogP contribution in [0.5, 0.6) is 17.4 Å². The van der Waals surface area contributed by atoms with Crippen molar-refractivity contribution < 1.29 is 14.6 Å². The monoisotopic (exact) mass is 435 g/mol. The first-order valence-electron chi connectivity index (χ1n) is 10.4. The van der Waals surface area contributed by atoms with Crippen LogP contribution in [0.25, 0.3) is 0 Å². The zero-order chi connectivity index (χ0) is 22.7. The average molecular weight is 435 g/mol. The lowest BCUT2D eigenvalue weighted by Gasteiger charge is -2.12. The Balaban J connectivity index is 1.58. The van der Waals surface area contributed by atoms with Gasteiger partial charge >= 0.3 is 5.69 Å². The van der Waals surface area contributed by atoms with E-state index in [1.165, 1.54) is 17.3 Å². The largest absolute Gasteiger partial charge is 0.494 e. The third-order valence-electron chi connectivity index (χ3n) is 5.70. The Morgan fingerprint density at radius 2 is 1.84 bits per heavy atom. The molecule has 1 aromatic heterocycles. The highest BCUT2D eigenvalue weighted by atomic mass is 16.5. The molecular weight excluding hydrogens is 410 g/mol. The van der Waals surface area contributed by atoms with Gasteiger partial charge in [0.15, 0.2) is 11.5 Å². The van der Waals surface area contributed by atoms with Crippen LogP contribution in [0.2, 0.25) is 0 Å². The number of nitrogens with one attached hydrogen (secondary N) is 1. The fourth-order valence-corrected chi connectivity index (χ4v) is 3.95. The number of aromatic nitrogens is 2. The first-order valence-corrected chi connectivity index (χ1v) is 10.4. The van der Waals surface area contributed by atoms with E-state index in [4.69, 9.17) is 9.47 Å². The molecule has 2 aromatic carbocycles. The molecule has 1 heterocycles. The van der Waals surface area contributed by atoms with E-state index in [-0.39, 0.29) is 12.1 Å². The topological polar surface area (TPSA) is 106 Å². The minimum absolute atomic E-state index is 0.0580. The van der Waals surface area contributed by atoms with Crippen LogP contribution in [0.1, 0.15) is 28.7 Å². The van der Waals surface area contributed by atoms with Crippen LogP contribution in [-0.4, -0.2) is 35.1 Å². The van der Waals surface area contributed by atoms with Gasteiger partial charge in [-0.3, -0.25) is 19.3 Å².